The van der Waals surface area contributed by atoms with Crippen LogP contribution in [0.1, 0.15) is 19.0 Å². The number of hydrogen-bond donors (Lipinski definition) is 1. The van der Waals surface area contributed by atoms with Crippen molar-refractivity contribution >= 4 is 37.8 Å². The summed E-state index contributed by atoms with van der Waals surface area (Å²) in [5.74, 6) is -0.551. The van der Waals surface area contributed by atoms with Gasteiger partial charge < -0.3 is 5.11 Å². The van der Waals surface area contributed by atoms with Crippen LogP contribution in [0.2, 0.25) is 0 Å². The van der Waals surface area contributed by atoms with Gasteiger partial charge in [0.2, 0.25) is 0 Å². The van der Waals surface area contributed by atoms with Crippen molar-refractivity contribution in [2.75, 3.05) is 6.54 Å². The lowest BCUT2D eigenvalue weighted by atomic mass is 10.0. The highest BCUT2D eigenvalue weighted by atomic mass is 79.9. The fourth-order valence-corrected chi connectivity index (χ4v) is 3.47. The van der Waals surface area contributed by atoms with E-state index < -0.39 is 12.0 Å². The first-order valence-corrected chi connectivity index (χ1v) is 7.34. The minimum atomic E-state index is -0.742. The van der Waals surface area contributed by atoms with Crippen LogP contribution >= 0.6 is 31.9 Å². The van der Waals surface area contributed by atoms with Crippen LogP contribution in [-0.2, 0) is 11.3 Å². The molecule has 1 aliphatic heterocycles. The second kappa shape index (κ2) is 5.67. The van der Waals surface area contributed by atoms with E-state index in [-0.39, 0.29) is 5.92 Å². The number of aliphatic carboxylic acids is 1. The number of hydrogen-bond acceptors (Lipinski definition) is 3. The van der Waals surface area contributed by atoms with Gasteiger partial charge in [-0.05, 0) is 56.8 Å². The average molecular weight is 378 g/mol. The molecule has 0 saturated carbocycles. The Hall–Kier alpha value is -0.460. The minimum Gasteiger partial charge on any atom is -0.480 e. The second-order valence-electron chi connectivity index (χ2n) is 4.60. The lowest BCUT2D eigenvalue weighted by Gasteiger charge is -2.23. The number of halogens is 2. The van der Waals surface area contributed by atoms with Gasteiger partial charge in [-0.1, -0.05) is 6.92 Å². The van der Waals surface area contributed by atoms with Gasteiger partial charge in [0.25, 0.3) is 0 Å². The molecule has 18 heavy (non-hydrogen) atoms. The van der Waals surface area contributed by atoms with Gasteiger partial charge >= 0.3 is 5.97 Å². The Balaban J connectivity index is 2.16. The Bertz CT molecular complexity index is 467. The normalized spacial score (nSPS) is 24.4. The van der Waals surface area contributed by atoms with E-state index in [9.17, 15) is 9.90 Å². The minimum absolute atomic E-state index is 0.191. The zero-order chi connectivity index (χ0) is 13.3. The highest BCUT2D eigenvalue weighted by Crippen LogP contribution is 2.28. The third kappa shape index (κ3) is 2.92. The van der Waals surface area contributed by atoms with Crippen LogP contribution in [0.15, 0.2) is 21.2 Å². The summed E-state index contributed by atoms with van der Waals surface area (Å²) in [6.07, 6.45) is 2.65. The molecule has 2 atom stereocenters. The molecule has 0 amide bonds. The van der Waals surface area contributed by atoms with Crippen LogP contribution in [0.25, 0.3) is 0 Å². The molecule has 0 aliphatic carbocycles. The lowest BCUT2D eigenvalue weighted by Crippen LogP contribution is -2.38. The predicted octanol–water partition coefficient (Wildman–Crippen LogP) is 2.90. The summed E-state index contributed by atoms with van der Waals surface area (Å²) in [7, 11) is 0. The quantitative estimate of drug-likeness (QED) is 0.879. The molecule has 2 heterocycles. The number of carboxylic acid groups (broad SMARTS) is 1. The first-order chi connectivity index (χ1) is 8.49. The van der Waals surface area contributed by atoms with Crippen LogP contribution in [-0.4, -0.2) is 33.5 Å². The van der Waals surface area contributed by atoms with Gasteiger partial charge in [0.1, 0.15) is 6.04 Å². The van der Waals surface area contributed by atoms with Gasteiger partial charge in [-0.15, -0.1) is 0 Å². The van der Waals surface area contributed by atoms with Crippen LogP contribution < -0.4 is 0 Å². The predicted molar refractivity (Wildman–Crippen MR) is 75.3 cm³/mol. The molecule has 1 saturated heterocycles. The first kappa shape index (κ1) is 14.0. The molecule has 0 radical (unpaired) electrons. The second-order valence-corrected chi connectivity index (χ2v) is 6.37. The van der Waals surface area contributed by atoms with Crippen molar-refractivity contribution in [1.29, 1.82) is 0 Å². The number of carbonyl (C=O) groups is 1. The first-order valence-electron chi connectivity index (χ1n) is 5.76. The van der Waals surface area contributed by atoms with Gasteiger partial charge in [0.15, 0.2) is 0 Å². The third-order valence-electron chi connectivity index (χ3n) is 3.29. The Morgan fingerprint density at radius 2 is 2.33 bits per heavy atom. The van der Waals surface area contributed by atoms with Gasteiger partial charge in [-0.25, -0.2) is 0 Å². The van der Waals surface area contributed by atoms with Crippen molar-refractivity contribution in [3.8, 4) is 0 Å². The van der Waals surface area contributed by atoms with Crippen molar-refractivity contribution < 1.29 is 9.90 Å². The Morgan fingerprint density at radius 3 is 2.94 bits per heavy atom. The van der Waals surface area contributed by atoms with Crippen LogP contribution in [0.5, 0.6) is 0 Å². The zero-order valence-corrected chi connectivity index (χ0v) is 13.1. The van der Waals surface area contributed by atoms with E-state index in [1.54, 1.807) is 6.20 Å². The molecular formula is C12H14Br2N2O2. The van der Waals surface area contributed by atoms with E-state index in [4.69, 9.17) is 0 Å². The Labute approximate surface area is 123 Å². The number of likely N-dealkylation sites (tertiary alicyclic amines) is 1. The van der Waals surface area contributed by atoms with Gasteiger partial charge in [-0.3, -0.25) is 14.7 Å². The molecular weight excluding hydrogens is 364 g/mol. The van der Waals surface area contributed by atoms with Gasteiger partial charge in [-0.2, -0.15) is 0 Å². The number of pyridine rings is 1. The van der Waals surface area contributed by atoms with E-state index in [0.29, 0.717) is 6.54 Å². The highest BCUT2D eigenvalue weighted by molar-refractivity contribution is 9.11. The topological polar surface area (TPSA) is 53.4 Å². The van der Waals surface area contributed by atoms with Gasteiger partial charge in [0, 0.05) is 21.7 Å². The van der Waals surface area contributed by atoms with Crippen LogP contribution in [0.4, 0.5) is 0 Å². The number of nitrogens with zero attached hydrogens (tertiary/aromatic N) is 2. The number of carboxylic acids is 1. The molecule has 0 spiro atoms. The summed E-state index contributed by atoms with van der Waals surface area (Å²) in [6.45, 7) is 3.36. The highest BCUT2D eigenvalue weighted by Gasteiger charge is 2.36. The van der Waals surface area contributed by atoms with Crippen molar-refractivity contribution in [3.63, 3.8) is 0 Å². The SMILES string of the molecule is CC1CCN(Cc2ncc(Br)cc2Br)C1C(=O)O. The van der Waals surface area contributed by atoms with Crippen molar-refractivity contribution in [2.45, 2.75) is 25.9 Å². The van der Waals surface area contributed by atoms with Crippen molar-refractivity contribution in [2.24, 2.45) is 5.92 Å². The summed E-state index contributed by atoms with van der Waals surface area (Å²) < 4.78 is 1.81. The summed E-state index contributed by atoms with van der Waals surface area (Å²) >= 11 is 6.81. The third-order valence-corrected chi connectivity index (χ3v) is 4.41. The molecule has 2 unspecified atom stereocenters. The molecule has 0 aromatic carbocycles. The van der Waals surface area contributed by atoms with Crippen LogP contribution in [0.3, 0.4) is 0 Å². The zero-order valence-electron chi connectivity index (χ0n) is 9.94. The molecule has 98 valence electrons. The molecule has 1 aromatic heterocycles. The maximum absolute atomic E-state index is 11.3. The molecule has 1 fully saturated rings. The monoisotopic (exact) mass is 376 g/mol. The van der Waals surface area contributed by atoms with E-state index in [0.717, 1.165) is 27.6 Å². The fraction of sp³-hybridized carbons (Fsp3) is 0.500. The van der Waals surface area contributed by atoms with E-state index in [1.807, 2.05) is 17.9 Å². The number of rotatable bonds is 3. The molecule has 2 rings (SSSR count). The van der Waals surface area contributed by atoms with Crippen molar-refractivity contribution in [1.82, 2.24) is 9.88 Å². The fourth-order valence-electron chi connectivity index (χ4n) is 2.35. The summed E-state index contributed by atoms with van der Waals surface area (Å²) in [4.78, 5) is 17.6. The molecule has 1 N–H and O–H groups in total. The molecule has 6 heteroatoms. The van der Waals surface area contributed by atoms with Crippen molar-refractivity contribution in [3.05, 3.63) is 26.9 Å². The van der Waals surface area contributed by atoms with E-state index in [1.165, 1.54) is 0 Å². The van der Waals surface area contributed by atoms with Gasteiger partial charge in [0.05, 0.1) is 5.69 Å². The van der Waals surface area contributed by atoms with E-state index >= 15 is 0 Å². The average Bonchev–Trinajstić information content (AvgIpc) is 2.64. The maximum atomic E-state index is 11.3. The standard InChI is InChI=1S/C12H14Br2N2O2/c1-7-2-3-16(11(7)12(17)18)6-10-9(14)4-8(13)5-15-10/h4-5,7,11H,2-3,6H2,1H3,(H,17,18). The Kier molecular flexibility index (Phi) is 4.40. The summed E-state index contributed by atoms with van der Waals surface area (Å²) in [5.41, 5.74) is 0.874. The molecule has 1 aliphatic rings. The summed E-state index contributed by atoms with van der Waals surface area (Å²) in [6, 6.07) is 1.53. The molecule has 4 nitrogen and oxygen atoms in total. The lowest BCUT2D eigenvalue weighted by molar-refractivity contribution is -0.143. The maximum Gasteiger partial charge on any atom is 0.321 e. The smallest absolute Gasteiger partial charge is 0.321 e. The van der Waals surface area contributed by atoms with Crippen LogP contribution in [0, 0.1) is 5.92 Å². The molecule has 0 bridgehead atoms. The number of aromatic nitrogens is 1. The summed E-state index contributed by atoms with van der Waals surface area (Å²) in [5, 5.41) is 9.26. The largest absolute Gasteiger partial charge is 0.480 e. The Morgan fingerprint density at radius 1 is 1.61 bits per heavy atom. The van der Waals surface area contributed by atoms with E-state index in [2.05, 4.69) is 36.8 Å². The molecule has 1 aromatic rings.